The van der Waals surface area contributed by atoms with Crippen LogP contribution in [0.2, 0.25) is 5.02 Å². The van der Waals surface area contributed by atoms with Gasteiger partial charge < -0.3 is 14.2 Å². The molecule has 1 fully saturated rings. The zero-order valence-electron chi connectivity index (χ0n) is 19.4. The zero-order chi connectivity index (χ0) is 24.2. The molecule has 0 saturated heterocycles. The van der Waals surface area contributed by atoms with E-state index >= 15 is 0 Å². The number of aromatic nitrogens is 1. The number of methoxy groups -OCH3 is 1. The number of halogens is 1. The zero-order valence-corrected chi connectivity index (χ0v) is 20.1. The van der Waals surface area contributed by atoms with Crippen LogP contribution >= 0.6 is 11.6 Å². The molecule has 1 heterocycles. The topological polar surface area (TPSA) is 90.5 Å². The van der Waals surface area contributed by atoms with E-state index in [1.807, 2.05) is 0 Å². The van der Waals surface area contributed by atoms with Gasteiger partial charge in [0.25, 0.3) is 5.56 Å². The highest BCUT2D eigenvalue weighted by molar-refractivity contribution is 6.31. The minimum absolute atomic E-state index is 0.213. The lowest BCUT2D eigenvalue weighted by molar-refractivity contribution is -0.160. The van der Waals surface area contributed by atoms with E-state index in [0.717, 1.165) is 19.3 Å². The summed E-state index contributed by atoms with van der Waals surface area (Å²) >= 11 is 6.13. The van der Waals surface area contributed by atoms with Crippen molar-refractivity contribution in [1.29, 1.82) is 5.26 Å². The molecule has 0 amide bonds. The van der Waals surface area contributed by atoms with Gasteiger partial charge in [-0.15, -0.1) is 0 Å². The fourth-order valence-corrected chi connectivity index (χ4v) is 3.78. The van der Waals surface area contributed by atoms with E-state index in [-0.39, 0.29) is 12.5 Å². The van der Waals surface area contributed by atoms with E-state index in [9.17, 15) is 14.9 Å². The van der Waals surface area contributed by atoms with Gasteiger partial charge in [-0.3, -0.25) is 9.36 Å². The number of rotatable bonds is 8. The molecule has 0 aliphatic heterocycles. The van der Waals surface area contributed by atoms with Crippen LogP contribution in [0.1, 0.15) is 58.1 Å². The first-order chi connectivity index (χ1) is 15.6. The second-order valence-corrected chi connectivity index (χ2v) is 9.50. The molecule has 1 aliphatic carbocycles. The van der Waals surface area contributed by atoms with Gasteiger partial charge in [0.2, 0.25) is 0 Å². The number of ether oxygens (including phenoxy) is 3. The Hall–Kier alpha value is -2.82. The van der Waals surface area contributed by atoms with Gasteiger partial charge >= 0.3 is 5.97 Å². The third-order valence-electron chi connectivity index (χ3n) is 5.47. The van der Waals surface area contributed by atoms with E-state index in [1.54, 1.807) is 39.0 Å². The van der Waals surface area contributed by atoms with Crippen molar-refractivity contribution in [3.05, 3.63) is 51.4 Å². The van der Waals surface area contributed by atoms with Crippen molar-refractivity contribution >= 4 is 17.6 Å². The Kier molecular flexibility index (Phi) is 7.83. The van der Waals surface area contributed by atoms with E-state index in [1.165, 1.54) is 23.9 Å². The van der Waals surface area contributed by atoms with Gasteiger partial charge in [-0.05, 0) is 58.2 Å². The van der Waals surface area contributed by atoms with Gasteiger partial charge in [-0.1, -0.05) is 11.6 Å². The number of esters is 1. The summed E-state index contributed by atoms with van der Waals surface area (Å²) in [5.74, 6) is -0.182. The van der Waals surface area contributed by atoms with Gasteiger partial charge in [0.1, 0.15) is 17.4 Å². The molecule has 1 aromatic heterocycles. The second kappa shape index (κ2) is 10.4. The smallest absolute Gasteiger partial charge is 0.329 e. The van der Waals surface area contributed by atoms with E-state index < -0.39 is 23.2 Å². The number of hydrogen-bond acceptors (Lipinski definition) is 6. The van der Waals surface area contributed by atoms with Crippen LogP contribution in [0, 0.1) is 11.3 Å². The predicted octanol–water partition coefficient (Wildman–Crippen LogP) is 4.89. The molecule has 1 aliphatic rings. The number of benzene rings is 1. The fourth-order valence-electron chi connectivity index (χ4n) is 3.61. The third kappa shape index (κ3) is 6.16. The summed E-state index contributed by atoms with van der Waals surface area (Å²) in [6.07, 6.45) is 5.16. The van der Waals surface area contributed by atoms with Crippen molar-refractivity contribution in [2.45, 2.75) is 64.2 Å². The highest BCUT2D eigenvalue weighted by atomic mass is 35.5. The molecule has 33 heavy (non-hydrogen) atoms. The van der Waals surface area contributed by atoms with Crippen LogP contribution in [0.5, 0.6) is 5.75 Å². The van der Waals surface area contributed by atoms with E-state index in [4.69, 9.17) is 25.8 Å². The SMILES string of the molecule is COc1cn(C(CCOC2CCC2)C(=O)OC(C)(C)C)c(=O)cc1-c1cc(Cl)ccc1C#N. The first-order valence-corrected chi connectivity index (χ1v) is 11.4. The molecule has 1 saturated carbocycles. The minimum Gasteiger partial charge on any atom is -0.495 e. The Morgan fingerprint density at radius 1 is 1.27 bits per heavy atom. The number of pyridine rings is 1. The maximum Gasteiger partial charge on any atom is 0.329 e. The summed E-state index contributed by atoms with van der Waals surface area (Å²) in [5, 5.41) is 9.93. The summed E-state index contributed by atoms with van der Waals surface area (Å²) in [7, 11) is 1.46. The largest absolute Gasteiger partial charge is 0.495 e. The second-order valence-electron chi connectivity index (χ2n) is 9.06. The number of nitriles is 1. The quantitative estimate of drug-likeness (QED) is 0.508. The molecule has 176 valence electrons. The van der Waals surface area contributed by atoms with Crippen molar-refractivity contribution in [3.8, 4) is 22.9 Å². The van der Waals surface area contributed by atoms with Gasteiger partial charge in [0.15, 0.2) is 0 Å². The lowest BCUT2D eigenvalue weighted by Crippen LogP contribution is -2.36. The first kappa shape index (κ1) is 24.8. The minimum atomic E-state index is -0.880. The van der Waals surface area contributed by atoms with Gasteiger partial charge in [-0.25, -0.2) is 4.79 Å². The average molecular weight is 473 g/mol. The molecular formula is C25H29ClN2O5. The van der Waals surface area contributed by atoms with Crippen LogP contribution in [0.25, 0.3) is 11.1 Å². The molecule has 1 aromatic carbocycles. The average Bonchev–Trinajstić information content (AvgIpc) is 2.71. The summed E-state index contributed by atoms with van der Waals surface area (Å²) < 4.78 is 18.3. The van der Waals surface area contributed by atoms with Crippen LogP contribution in [-0.2, 0) is 14.3 Å². The van der Waals surface area contributed by atoms with Gasteiger partial charge in [-0.2, -0.15) is 5.26 Å². The van der Waals surface area contributed by atoms with E-state index in [0.29, 0.717) is 34.1 Å². The normalized spacial score (nSPS) is 14.8. The number of nitrogens with zero attached hydrogens (tertiary/aromatic N) is 2. The summed E-state index contributed by atoms with van der Waals surface area (Å²) in [5.41, 5.74) is 0.126. The van der Waals surface area contributed by atoms with Crippen LogP contribution in [0.4, 0.5) is 0 Å². The van der Waals surface area contributed by atoms with Crippen molar-refractivity contribution in [3.63, 3.8) is 0 Å². The first-order valence-electron chi connectivity index (χ1n) is 11.0. The Labute approximate surface area is 198 Å². The fraction of sp³-hybridized carbons (Fsp3) is 0.480. The molecule has 1 unspecified atom stereocenters. The molecule has 7 nitrogen and oxygen atoms in total. The predicted molar refractivity (Wildman–Crippen MR) is 126 cm³/mol. The van der Waals surface area contributed by atoms with Gasteiger partial charge in [0.05, 0.1) is 31.0 Å². The number of hydrogen-bond donors (Lipinski definition) is 0. The Balaban J connectivity index is 2.01. The summed E-state index contributed by atoms with van der Waals surface area (Å²) in [4.78, 5) is 26.2. The Morgan fingerprint density at radius 3 is 2.58 bits per heavy atom. The molecule has 0 spiro atoms. The number of carbonyl (C=O) groups excluding carboxylic acids is 1. The lowest BCUT2D eigenvalue weighted by Gasteiger charge is -2.28. The van der Waals surface area contributed by atoms with Crippen LogP contribution in [-0.4, -0.2) is 36.0 Å². The van der Waals surface area contributed by atoms with E-state index in [2.05, 4.69) is 6.07 Å². The molecule has 2 aromatic rings. The molecule has 8 heteroatoms. The van der Waals surface area contributed by atoms with Crippen LogP contribution in [0.3, 0.4) is 0 Å². The Bertz CT molecular complexity index is 1110. The molecule has 1 atom stereocenters. The third-order valence-corrected chi connectivity index (χ3v) is 5.70. The Morgan fingerprint density at radius 2 is 2.00 bits per heavy atom. The molecule has 0 radical (unpaired) electrons. The van der Waals surface area contributed by atoms with Crippen molar-refractivity contribution in [1.82, 2.24) is 4.57 Å². The van der Waals surface area contributed by atoms with Crippen molar-refractivity contribution < 1.29 is 19.0 Å². The molecule has 0 N–H and O–H groups in total. The standard InChI is InChI=1S/C25H29ClN2O5/c1-25(2,3)33-24(30)21(10-11-32-18-6-5-7-18)28-15-22(31-4)20(13-23(28)29)19-12-17(26)9-8-16(19)14-27/h8-9,12-13,15,18,21H,5-7,10-11H2,1-4H3. The van der Waals surface area contributed by atoms with Crippen molar-refractivity contribution in [2.24, 2.45) is 0 Å². The molecule has 0 bridgehead atoms. The highest BCUT2D eigenvalue weighted by Crippen LogP contribution is 2.34. The maximum atomic E-state index is 13.2. The number of carbonyl (C=O) groups is 1. The van der Waals surface area contributed by atoms with Crippen LogP contribution in [0.15, 0.2) is 35.3 Å². The highest BCUT2D eigenvalue weighted by Gasteiger charge is 2.29. The van der Waals surface area contributed by atoms with Crippen LogP contribution < -0.4 is 10.3 Å². The van der Waals surface area contributed by atoms with Gasteiger partial charge in [0, 0.05) is 35.2 Å². The summed E-state index contributed by atoms with van der Waals surface area (Å²) in [6.45, 7) is 5.67. The van der Waals surface area contributed by atoms with Crippen molar-refractivity contribution in [2.75, 3.05) is 13.7 Å². The monoisotopic (exact) mass is 472 g/mol. The lowest BCUT2D eigenvalue weighted by atomic mass is 9.96. The maximum absolute atomic E-state index is 13.2. The summed E-state index contributed by atoms with van der Waals surface area (Å²) in [6, 6.07) is 7.39. The molecular weight excluding hydrogens is 444 g/mol. The molecule has 3 rings (SSSR count).